The lowest BCUT2D eigenvalue weighted by atomic mass is 10.3. The van der Waals surface area contributed by atoms with Gasteiger partial charge in [-0.05, 0) is 42.7 Å². The van der Waals surface area contributed by atoms with Gasteiger partial charge in [-0.3, -0.25) is 0 Å². The Morgan fingerprint density at radius 1 is 1.29 bits per heavy atom. The molecule has 0 radical (unpaired) electrons. The first-order valence-electron chi connectivity index (χ1n) is 4.89. The van der Waals surface area contributed by atoms with Gasteiger partial charge in [-0.2, -0.15) is 0 Å². The van der Waals surface area contributed by atoms with Crippen LogP contribution in [-0.2, 0) is 0 Å². The number of aromatic nitrogens is 1. The van der Waals surface area contributed by atoms with E-state index in [1.165, 1.54) is 16.2 Å². The fourth-order valence-electron chi connectivity index (χ4n) is 1.22. The number of benzene rings is 1. The van der Waals surface area contributed by atoms with E-state index in [9.17, 15) is 0 Å². The molecule has 0 aliphatic rings. The van der Waals surface area contributed by atoms with Crippen LogP contribution in [0.15, 0.2) is 40.7 Å². The molecule has 1 aromatic carbocycles. The lowest BCUT2D eigenvalue weighted by molar-refractivity contribution is 1.41. The second kappa shape index (κ2) is 6.00. The van der Waals surface area contributed by atoms with Crippen molar-refractivity contribution in [1.82, 2.24) is 4.98 Å². The predicted molar refractivity (Wildman–Crippen MR) is 80.2 cm³/mol. The number of nitrogens with zero attached hydrogens (tertiary/aromatic N) is 1. The SMILES string of the molecule is CSc1ccc(NC(=S)Nc2nccs2)cc1. The normalized spacial score (nSPS) is 9.94. The van der Waals surface area contributed by atoms with Gasteiger partial charge in [0.25, 0.3) is 0 Å². The van der Waals surface area contributed by atoms with Gasteiger partial charge in [-0.25, -0.2) is 4.98 Å². The number of rotatable bonds is 3. The van der Waals surface area contributed by atoms with Gasteiger partial charge in [0.15, 0.2) is 10.2 Å². The summed E-state index contributed by atoms with van der Waals surface area (Å²) in [5.74, 6) is 0. The summed E-state index contributed by atoms with van der Waals surface area (Å²) >= 11 is 8.41. The minimum Gasteiger partial charge on any atom is -0.332 e. The Morgan fingerprint density at radius 2 is 2.06 bits per heavy atom. The van der Waals surface area contributed by atoms with Crippen LogP contribution in [0.1, 0.15) is 0 Å². The predicted octanol–water partition coefficient (Wildman–Crippen LogP) is 3.67. The number of thiazole rings is 1. The molecule has 1 heterocycles. The lowest BCUT2D eigenvalue weighted by Gasteiger charge is -2.08. The van der Waals surface area contributed by atoms with Crippen LogP contribution in [-0.4, -0.2) is 16.4 Å². The highest BCUT2D eigenvalue weighted by Gasteiger charge is 2.00. The van der Waals surface area contributed by atoms with Crippen molar-refractivity contribution < 1.29 is 0 Å². The molecule has 0 aliphatic heterocycles. The molecule has 2 rings (SSSR count). The molecule has 2 N–H and O–H groups in total. The Labute approximate surface area is 114 Å². The fourth-order valence-corrected chi connectivity index (χ4v) is 2.44. The third kappa shape index (κ3) is 3.69. The van der Waals surface area contributed by atoms with Crippen molar-refractivity contribution in [3.63, 3.8) is 0 Å². The Hall–Kier alpha value is -1.11. The molecular weight excluding hydrogens is 270 g/mol. The Morgan fingerprint density at radius 3 is 2.65 bits per heavy atom. The Kier molecular flexibility index (Phi) is 4.36. The number of anilines is 2. The molecule has 3 nitrogen and oxygen atoms in total. The van der Waals surface area contributed by atoms with Crippen molar-refractivity contribution in [3.8, 4) is 0 Å². The maximum Gasteiger partial charge on any atom is 0.188 e. The smallest absolute Gasteiger partial charge is 0.188 e. The average Bonchev–Trinajstić information content (AvgIpc) is 2.82. The molecule has 0 unspecified atom stereocenters. The van der Waals surface area contributed by atoms with E-state index in [1.807, 2.05) is 17.5 Å². The summed E-state index contributed by atoms with van der Waals surface area (Å²) in [5.41, 5.74) is 0.969. The molecule has 0 fully saturated rings. The summed E-state index contributed by atoms with van der Waals surface area (Å²) in [6.45, 7) is 0. The zero-order valence-electron chi connectivity index (χ0n) is 9.14. The average molecular weight is 281 g/mol. The highest BCUT2D eigenvalue weighted by Crippen LogP contribution is 2.18. The summed E-state index contributed by atoms with van der Waals surface area (Å²) in [6, 6.07) is 8.11. The number of thioether (sulfide) groups is 1. The van der Waals surface area contributed by atoms with Gasteiger partial charge in [-0.1, -0.05) is 0 Å². The first-order chi connectivity index (χ1) is 8.28. The number of thiocarbonyl (C=S) groups is 1. The van der Waals surface area contributed by atoms with Crippen LogP contribution in [0.25, 0.3) is 0 Å². The van der Waals surface area contributed by atoms with Gasteiger partial charge in [0, 0.05) is 22.2 Å². The third-order valence-electron chi connectivity index (χ3n) is 2.00. The van der Waals surface area contributed by atoms with Gasteiger partial charge in [0.2, 0.25) is 0 Å². The molecule has 6 heteroatoms. The molecule has 88 valence electrons. The molecular formula is C11H11N3S3. The van der Waals surface area contributed by atoms with Gasteiger partial charge in [0.1, 0.15) is 0 Å². The minimum absolute atomic E-state index is 0.553. The van der Waals surface area contributed by atoms with Crippen molar-refractivity contribution in [2.24, 2.45) is 0 Å². The van der Waals surface area contributed by atoms with Crippen LogP contribution in [0.2, 0.25) is 0 Å². The van der Waals surface area contributed by atoms with E-state index in [0.29, 0.717) is 5.11 Å². The van der Waals surface area contributed by atoms with Crippen LogP contribution >= 0.6 is 35.3 Å². The Balaban J connectivity index is 1.93. The molecule has 17 heavy (non-hydrogen) atoms. The van der Waals surface area contributed by atoms with E-state index in [0.717, 1.165) is 10.8 Å². The second-order valence-corrected chi connectivity index (χ2v) is 5.33. The van der Waals surface area contributed by atoms with Crippen molar-refractivity contribution >= 4 is 51.2 Å². The molecule has 0 spiro atoms. The highest BCUT2D eigenvalue weighted by atomic mass is 32.2. The van der Waals surface area contributed by atoms with Crippen molar-refractivity contribution in [2.45, 2.75) is 4.90 Å². The zero-order valence-corrected chi connectivity index (χ0v) is 11.6. The molecule has 0 atom stereocenters. The molecule has 2 aromatic rings. The van der Waals surface area contributed by atoms with Crippen LogP contribution in [0.5, 0.6) is 0 Å². The molecule has 1 aromatic heterocycles. The van der Waals surface area contributed by atoms with E-state index < -0.39 is 0 Å². The summed E-state index contributed by atoms with van der Waals surface area (Å²) in [4.78, 5) is 5.33. The van der Waals surface area contributed by atoms with Crippen LogP contribution < -0.4 is 10.6 Å². The largest absolute Gasteiger partial charge is 0.332 e. The Bertz CT molecular complexity index is 479. The maximum absolute atomic E-state index is 5.18. The van der Waals surface area contributed by atoms with Crippen LogP contribution in [0.3, 0.4) is 0 Å². The maximum atomic E-state index is 5.18. The quantitative estimate of drug-likeness (QED) is 0.663. The standard InChI is InChI=1S/C11H11N3S3/c1-16-9-4-2-8(3-5-9)13-10(15)14-11-12-6-7-17-11/h2-7H,1H3,(H2,12,13,14,15). The van der Waals surface area contributed by atoms with Crippen molar-refractivity contribution in [1.29, 1.82) is 0 Å². The molecule has 0 aliphatic carbocycles. The summed E-state index contributed by atoms with van der Waals surface area (Å²) in [6.07, 6.45) is 3.79. The van der Waals surface area contributed by atoms with Crippen molar-refractivity contribution in [2.75, 3.05) is 16.9 Å². The molecule has 0 bridgehead atoms. The minimum atomic E-state index is 0.553. The number of nitrogens with one attached hydrogen (secondary N) is 2. The first-order valence-corrected chi connectivity index (χ1v) is 7.41. The third-order valence-corrected chi connectivity index (χ3v) is 3.64. The van der Waals surface area contributed by atoms with E-state index in [-0.39, 0.29) is 0 Å². The molecule has 0 saturated heterocycles. The van der Waals surface area contributed by atoms with E-state index in [4.69, 9.17) is 12.2 Å². The van der Waals surface area contributed by atoms with Gasteiger partial charge >= 0.3 is 0 Å². The summed E-state index contributed by atoms with van der Waals surface area (Å²) in [7, 11) is 0. The fraction of sp³-hybridized carbons (Fsp3) is 0.0909. The lowest BCUT2D eigenvalue weighted by Crippen LogP contribution is -2.18. The zero-order chi connectivity index (χ0) is 12.1. The van der Waals surface area contributed by atoms with E-state index in [2.05, 4.69) is 34.0 Å². The van der Waals surface area contributed by atoms with Gasteiger partial charge in [0.05, 0.1) is 0 Å². The van der Waals surface area contributed by atoms with Crippen LogP contribution in [0.4, 0.5) is 10.8 Å². The number of hydrogen-bond acceptors (Lipinski definition) is 4. The summed E-state index contributed by atoms with van der Waals surface area (Å²) in [5, 5.41) is 9.38. The monoisotopic (exact) mass is 281 g/mol. The summed E-state index contributed by atoms with van der Waals surface area (Å²) < 4.78 is 0. The van der Waals surface area contributed by atoms with Crippen LogP contribution in [0, 0.1) is 0 Å². The van der Waals surface area contributed by atoms with Crippen molar-refractivity contribution in [3.05, 3.63) is 35.8 Å². The molecule has 0 saturated carbocycles. The van der Waals surface area contributed by atoms with Gasteiger partial charge < -0.3 is 10.6 Å². The molecule has 0 amide bonds. The van der Waals surface area contributed by atoms with Gasteiger partial charge in [-0.15, -0.1) is 23.1 Å². The number of hydrogen-bond donors (Lipinski definition) is 2. The first kappa shape index (κ1) is 12.3. The van der Waals surface area contributed by atoms with E-state index >= 15 is 0 Å². The topological polar surface area (TPSA) is 37.0 Å². The second-order valence-electron chi connectivity index (χ2n) is 3.14. The highest BCUT2D eigenvalue weighted by molar-refractivity contribution is 7.98. The van der Waals surface area contributed by atoms with E-state index in [1.54, 1.807) is 18.0 Å².